The third-order valence-electron chi connectivity index (χ3n) is 6.18. The quantitative estimate of drug-likeness (QED) is 0.472. The molecule has 1 aromatic heterocycles. The van der Waals surface area contributed by atoms with Gasteiger partial charge in [0.05, 0.1) is 21.0 Å². The van der Waals surface area contributed by atoms with Crippen LogP contribution in [0.4, 0.5) is 4.39 Å². The standard InChI is InChI=1S/C25H23Cl2FN2O4/c1-14(23(31)30-9-3-7-25(2,13-30)24(32)33)34-16-4-5-17-18(6-8-29-21(17)12-16)22-19(26)10-15(28)11-20(22)27/h4-6,8,10-12,14H,3,7,9,13H2,1-2H3,(H,32,33)/t14?,25-/m0/s1. The molecule has 0 spiro atoms. The first-order chi connectivity index (χ1) is 16.1. The molecule has 178 valence electrons. The molecule has 1 aliphatic rings. The van der Waals surface area contributed by atoms with Gasteiger partial charge >= 0.3 is 5.97 Å². The number of rotatable bonds is 5. The van der Waals surface area contributed by atoms with Gasteiger partial charge in [-0.3, -0.25) is 14.6 Å². The van der Waals surface area contributed by atoms with E-state index in [0.29, 0.717) is 41.8 Å². The van der Waals surface area contributed by atoms with Gasteiger partial charge in [0.15, 0.2) is 6.10 Å². The number of aromatic nitrogens is 1. The zero-order valence-corrected chi connectivity index (χ0v) is 20.2. The van der Waals surface area contributed by atoms with Crippen molar-refractivity contribution in [3.05, 3.63) is 58.5 Å². The van der Waals surface area contributed by atoms with Gasteiger partial charge < -0.3 is 14.7 Å². The molecule has 3 aromatic rings. The van der Waals surface area contributed by atoms with E-state index in [1.54, 1.807) is 49.2 Å². The molecular formula is C25H23Cl2FN2O4. The van der Waals surface area contributed by atoms with Crippen molar-refractivity contribution in [3.8, 4) is 16.9 Å². The minimum absolute atomic E-state index is 0.149. The molecular weight excluding hydrogens is 482 g/mol. The Bertz CT molecular complexity index is 1260. The third kappa shape index (κ3) is 4.68. The molecule has 9 heteroatoms. The van der Waals surface area contributed by atoms with Crippen LogP contribution in [0.25, 0.3) is 22.0 Å². The Morgan fingerprint density at radius 1 is 1.21 bits per heavy atom. The summed E-state index contributed by atoms with van der Waals surface area (Å²) >= 11 is 12.5. The second-order valence-corrected chi connectivity index (χ2v) is 9.59. The summed E-state index contributed by atoms with van der Waals surface area (Å²) in [5, 5.41) is 10.6. The maximum absolute atomic E-state index is 13.6. The monoisotopic (exact) mass is 504 g/mol. The van der Waals surface area contributed by atoms with Crippen LogP contribution in [-0.2, 0) is 9.59 Å². The lowest BCUT2D eigenvalue weighted by atomic mass is 9.82. The highest BCUT2D eigenvalue weighted by Gasteiger charge is 2.40. The van der Waals surface area contributed by atoms with Crippen molar-refractivity contribution in [1.82, 2.24) is 9.88 Å². The summed E-state index contributed by atoms with van der Waals surface area (Å²) in [5.41, 5.74) is 0.820. The number of carbonyl (C=O) groups is 2. The van der Waals surface area contributed by atoms with Crippen LogP contribution in [0.2, 0.25) is 10.0 Å². The van der Waals surface area contributed by atoms with Gasteiger partial charge in [-0.2, -0.15) is 0 Å². The molecule has 0 radical (unpaired) electrons. The first-order valence-corrected chi connectivity index (χ1v) is 11.6. The number of amides is 1. The number of carbonyl (C=O) groups excluding carboxylic acids is 1. The highest BCUT2D eigenvalue weighted by Crippen LogP contribution is 2.39. The average molecular weight is 505 g/mol. The van der Waals surface area contributed by atoms with E-state index in [1.807, 2.05) is 0 Å². The Morgan fingerprint density at radius 2 is 1.91 bits per heavy atom. The molecule has 4 rings (SSSR count). The molecule has 2 heterocycles. The fraction of sp³-hybridized carbons (Fsp3) is 0.320. The second-order valence-electron chi connectivity index (χ2n) is 8.77. The van der Waals surface area contributed by atoms with Crippen LogP contribution in [-0.4, -0.2) is 46.1 Å². The van der Waals surface area contributed by atoms with Crippen LogP contribution in [0, 0.1) is 11.2 Å². The predicted octanol–water partition coefficient (Wildman–Crippen LogP) is 5.83. The van der Waals surface area contributed by atoms with Crippen LogP contribution < -0.4 is 4.74 Å². The molecule has 1 fully saturated rings. The Kier molecular flexibility index (Phi) is 6.69. The van der Waals surface area contributed by atoms with Crippen LogP contribution in [0.3, 0.4) is 0 Å². The normalized spacial score (nSPS) is 19.1. The van der Waals surface area contributed by atoms with Gasteiger partial charge in [-0.1, -0.05) is 23.2 Å². The Morgan fingerprint density at radius 3 is 2.59 bits per heavy atom. The smallest absolute Gasteiger partial charge is 0.311 e. The Hall–Kier alpha value is -2.90. The summed E-state index contributed by atoms with van der Waals surface area (Å²) in [6, 6.07) is 9.34. The molecule has 2 aromatic carbocycles. The third-order valence-corrected chi connectivity index (χ3v) is 6.77. The van der Waals surface area contributed by atoms with E-state index in [1.165, 1.54) is 12.1 Å². The highest BCUT2D eigenvalue weighted by atomic mass is 35.5. The molecule has 2 atom stereocenters. The highest BCUT2D eigenvalue weighted by molar-refractivity contribution is 6.39. The number of ether oxygens (including phenoxy) is 1. The van der Waals surface area contributed by atoms with Gasteiger partial charge in [-0.15, -0.1) is 0 Å². The number of carboxylic acid groups (broad SMARTS) is 1. The zero-order chi connectivity index (χ0) is 24.6. The van der Waals surface area contributed by atoms with Crippen molar-refractivity contribution >= 4 is 46.0 Å². The average Bonchev–Trinajstić information content (AvgIpc) is 2.77. The van der Waals surface area contributed by atoms with Crippen LogP contribution >= 0.6 is 23.2 Å². The number of fused-ring (bicyclic) bond motifs is 1. The van der Waals surface area contributed by atoms with E-state index in [4.69, 9.17) is 27.9 Å². The van der Waals surface area contributed by atoms with Gasteiger partial charge in [-0.05, 0) is 62.6 Å². The van der Waals surface area contributed by atoms with Gasteiger partial charge in [0.2, 0.25) is 0 Å². The van der Waals surface area contributed by atoms with E-state index in [-0.39, 0.29) is 22.5 Å². The first kappa shape index (κ1) is 24.2. The lowest BCUT2D eigenvalue weighted by molar-refractivity contribution is -0.155. The number of halogens is 3. The largest absolute Gasteiger partial charge is 0.481 e. The molecule has 1 amide bonds. The topological polar surface area (TPSA) is 79.7 Å². The van der Waals surface area contributed by atoms with Crippen molar-refractivity contribution in [2.24, 2.45) is 5.41 Å². The van der Waals surface area contributed by atoms with E-state index < -0.39 is 23.3 Å². The molecule has 0 aliphatic carbocycles. The van der Waals surface area contributed by atoms with Crippen molar-refractivity contribution < 1.29 is 23.8 Å². The Balaban J connectivity index is 1.57. The number of hydrogen-bond acceptors (Lipinski definition) is 4. The second kappa shape index (κ2) is 9.39. The molecule has 0 saturated carbocycles. The van der Waals surface area contributed by atoms with E-state index in [2.05, 4.69) is 4.98 Å². The van der Waals surface area contributed by atoms with E-state index in [9.17, 15) is 19.1 Å². The predicted molar refractivity (Wildman–Crippen MR) is 129 cm³/mol. The maximum Gasteiger partial charge on any atom is 0.311 e. The van der Waals surface area contributed by atoms with Crippen molar-refractivity contribution in [3.63, 3.8) is 0 Å². The molecule has 34 heavy (non-hydrogen) atoms. The molecule has 1 N–H and O–H groups in total. The van der Waals surface area contributed by atoms with Gasteiger partial charge in [0.25, 0.3) is 5.91 Å². The summed E-state index contributed by atoms with van der Waals surface area (Å²) < 4.78 is 19.5. The number of carboxylic acids is 1. The van der Waals surface area contributed by atoms with Crippen LogP contribution in [0.15, 0.2) is 42.6 Å². The van der Waals surface area contributed by atoms with Crippen LogP contribution in [0.1, 0.15) is 26.7 Å². The number of aliphatic carboxylic acids is 1. The summed E-state index contributed by atoms with van der Waals surface area (Å²) in [6.45, 7) is 3.95. The number of likely N-dealkylation sites (tertiary alicyclic amines) is 1. The van der Waals surface area contributed by atoms with Gasteiger partial charge in [-0.25, -0.2) is 4.39 Å². The zero-order valence-electron chi connectivity index (χ0n) is 18.6. The molecule has 0 bridgehead atoms. The number of hydrogen-bond donors (Lipinski definition) is 1. The summed E-state index contributed by atoms with van der Waals surface area (Å²) in [6.07, 6.45) is 1.94. The van der Waals surface area contributed by atoms with Crippen molar-refractivity contribution in [2.45, 2.75) is 32.8 Å². The molecule has 6 nitrogen and oxygen atoms in total. The van der Waals surface area contributed by atoms with Gasteiger partial charge in [0, 0.05) is 36.3 Å². The Labute approximate surface area is 206 Å². The van der Waals surface area contributed by atoms with Crippen molar-refractivity contribution in [1.29, 1.82) is 0 Å². The molecule has 1 aliphatic heterocycles. The van der Waals surface area contributed by atoms with Crippen LogP contribution in [0.5, 0.6) is 5.75 Å². The fourth-order valence-electron chi connectivity index (χ4n) is 4.33. The van der Waals surface area contributed by atoms with E-state index in [0.717, 1.165) is 5.39 Å². The van der Waals surface area contributed by atoms with Gasteiger partial charge in [0.1, 0.15) is 11.6 Å². The summed E-state index contributed by atoms with van der Waals surface area (Å²) in [5.74, 6) is -1.26. The number of piperidine rings is 1. The SMILES string of the molecule is CC(Oc1ccc2c(-c3c(Cl)cc(F)cc3Cl)ccnc2c1)C(=O)N1CCC[C@](C)(C(=O)O)C1. The number of benzene rings is 2. The fourth-order valence-corrected chi connectivity index (χ4v) is 5.00. The number of pyridine rings is 1. The number of nitrogens with zero attached hydrogens (tertiary/aromatic N) is 2. The lowest BCUT2D eigenvalue weighted by Crippen LogP contribution is -2.51. The first-order valence-electron chi connectivity index (χ1n) is 10.8. The van der Waals surface area contributed by atoms with E-state index >= 15 is 0 Å². The molecule has 1 unspecified atom stereocenters. The summed E-state index contributed by atoms with van der Waals surface area (Å²) in [7, 11) is 0. The van der Waals surface area contributed by atoms with Crippen molar-refractivity contribution in [2.75, 3.05) is 13.1 Å². The minimum atomic E-state index is -0.959. The maximum atomic E-state index is 13.6. The lowest BCUT2D eigenvalue weighted by Gasteiger charge is -2.38. The minimum Gasteiger partial charge on any atom is -0.481 e. The molecule has 1 saturated heterocycles. The summed E-state index contributed by atoms with van der Waals surface area (Å²) in [4.78, 5) is 30.5.